The minimum Gasteiger partial charge on any atom is -0.351 e. The summed E-state index contributed by atoms with van der Waals surface area (Å²) < 4.78 is 0. The molecule has 4 N–H and O–H groups in total. The Morgan fingerprint density at radius 3 is 2.65 bits per heavy atom. The summed E-state index contributed by atoms with van der Waals surface area (Å²) in [4.78, 5) is 25.9. The first kappa shape index (κ1) is 19.1. The molecule has 6 heteroatoms. The Labute approximate surface area is 138 Å². The lowest BCUT2D eigenvalue weighted by atomic mass is 10.1. The van der Waals surface area contributed by atoms with Crippen molar-refractivity contribution in [2.75, 3.05) is 27.2 Å². The van der Waals surface area contributed by atoms with Crippen molar-refractivity contribution < 1.29 is 9.59 Å². The number of rotatable bonds is 9. The fourth-order valence-electron chi connectivity index (χ4n) is 2.08. The lowest BCUT2D eigenvalue weighted by molar-refractivity contribution is -0.122. The molecule has 6 nitrogen and oxygen atoms in total. The van der Waals surface area contributed by atoms with Gasteiger partial charge in [0.05, 0.1) is 6.04 Å². The molecule has 23 heavy (non-hydrogen) atoms. The van der Waals surface area contributed by atoms with Crippen LogP contribution in [0.25, 0.3) is 0 Å². The third-order valence-electron chi connectivity index (χ3n) is 3.44. The van der Waals surface area contributed by atoms with E-state index in [1.807, 2.05) is 38.1 Å². The summed E-state index contributed by atoms with van der Waals surface area (Å²) in [6, 6.07) is 6.77. The van der Waals surface area contributed by atoms with Gasteiger partial charge in [0.25, 0.3) is 5.91 Å². The second-order valence-electron chi connectivity index (χ2n) is 5.87. The molecule has 1 unspecified atom stereocenters. The third-order valence-corrected chi connectivity index (χ3v) is 3.44. The number of nitrogens with one attached hydrogen (secondary N) is 2. The van der Waals surface area contributed by atoms with Crippen LogP contribution in [0.15, 0.2) is 24.3 Å². The Balaban J connectivity index is 2.52. The van der Waals surface area contributed by atoms with Gasteiger partial charge >= 0.3 is 0 Å². The van der Waals surface area contributed by atoms with Gasteiger partial charge in [-0.15, -0.1) is 0 Å². The Kier molecular flexibility index (Phi) is 8.29. The molecule has 1 aromatic rings. The zero-order valence-corrected chi connectivity index (χ0v) is 14.3. The van der Waals surface area contributed by atoms with E-state index >= 15 is 0 Å². The Bertz CT molecular complexity index is 517. The zero-order chi connectivity index (χ0) is 17.2. The van der Waals surface area contributed by atoms with E-state index in [1.165, 1.54) is 0 Å². The maximum atomic E-state index is 12.1. The van der Waals surface area contributed by atoms with Gasteiger partial charge in [-0.2, -0.15) is 0 Å². The molecule has 0 aliphatic carbocycles. The van der Waals surface area contributed by atoms with Crippen LogP contribution in [0.5, 0.6) is 0 Å². The highest BCUT2D eigenvalue weighted by Crippen LogP contribution is 2.05. The Morgan fingerprint density at radius 2 is 2.00 bits per heavy atom. The summed E-state index contributed by atoms with van der Waals surface area (Å²) in [7, 11) is 3.91. The number of carbonyl (C=O) groups is 2. The van der Waals surface area contributed by atoms with Crippen molar-refractivity contribution >= 4 is 11.8 Å². The predicted molar refractivity (Wildman–Crippen MR) is 92.1 cm³/mol. The molecule has 0 spiro atoms. The molecule has 0 radical (unpaired) electrons. The Hall–Kier alpha value is -1.92. The van der Waals surface area contributed by atoms with Crippen LogP contribution in [0.2, 0.25) is 0 Å². The van der Waals surface area contributed by atoms with Gasteiger partial charge in [-0.1, -0.05) is 25.5 Å². The number of likely N-dealkylation sites (N-methyl/N-ethyl adjacent to an activating group) is 1. The fraction of sp³-hybridized carbons (Fsp3) is 0.529. The molecule has 0 aromatic heterocycles. The van der Waals surface area contributed by atoms with Crippen molar-refractivity contribution in [2.24, 2.45) is 5.73 Å². The molecule has 1 aromatic carbocycles. The minimum atomic E-state index is -0.475. The second-order valence-corrected chi connectivity index (χ2v) is 5.87. The highest BCUT2D eigenvalue weighted by molar-refractivity contribution is 5.94. The van der Waals surface area contributed by atoms with Crippen LogP contribution in [-0.2, 0) is 11.3 Å². The van der Waals surface area contributed by atoms with Gasteiger partial charge in [-0.25, -0.2) is 0 Å². The van der Waals surface area contributed by atoms with Crippen LogP contribution < -0.4 is 16.4 Å². The third kappa shape index (κ3) is 7.25. The monoisotopic (exact) mass is 320 g/mol. The first-order valence-corrected chi connectivity index (χ1v) is 7.99. The zero-order valence-electron chi connectivity index (χ0n) is 14.3. The predicted octanol–water partition coefficient (Wildman–Crippen LogP) is 0.722. The lowest BCUT2D eigenvalue weighted by Gasteiger charge is -2.12. The van der Waals surface area contributed by atoms with Crippen molar-refractivity contribution in [1.82, 2.24) is 15.5 Å². The number of nitrogens with two attached hydrogens (primary N) is 1. The molecule has 0 fully saturated rings. The molecule has 1 rings (SSSR count). The van der Waals surface area contributed by atoms with E-state index < -0.39 is 6.04 Å². The van der Waals surface area contributed by atoms with Crippen LogP contribution in [0, 0.1) is 0 Å². The Morgan fingerprint density at radius 1 is 1.26 bits per heavy atom. The first-order valence-electron chi connectivity index (χ1n) is 7.99. The number of carbonyl (C=O) groups excluding carboxylic acids is 2. The molecular formula is C17H28N4O2. The van der Waals surface area contributed by atoms with Gasteiger partial charge in [0, 0.05) is 25.2 Å². The van der Waals surface area contributed by atoms with E-state index in [0.29, 0.717) is 25.1 Å². The van der Waals surface area contributed by atoms with Crippen molar-refractivity contribution in [3.05, 3.63) is 35.4 Å². The SMILES string of the molecule is CCCC(N)C(=O)NCc1cccc(C(=O)NCCN(C)C)c1. The molecule has 0 aliphatic rings. The van der Waals surface area contributed by atoms with Gasteiger partial charge in [-0.05, 0) is 38.2 Å². The molecule has 128 valence electrons. The molecular weight excluding hydrogens is 292 g/mol. The van der Waals surface area contributed by atoms with Crippen LogP contribution in [0.3, 0.4) is 0 Å². The van der Waals surface area contributed by atoms with Crippen molar-refractivity contribution in [3.8, 4) is 0 Å². The number of hydrogen-bond acceptors (Lipinski definition) is 4. The van der Waals surface area contributed by atoms with Crippen molar-refractivity contribution in [1.29, 1.82) is 0 Å². The summed E-state index contributed by atoms with van der Waals surface area (Å²) in [6.45, 7) is 3.75. The maximum absolute atomic E-state index is 12.1. The largest absolute Gasteiger partial charge is 0.351 e. The van der Waals surface area contributed by atoms with Gasteiger partial charge in [0.15, 0.2) is 0 Å². The van der Waals surface area contributed by atoms with Gasteiger partial charge < -0.3 is 21.3 Å². The standard InChI is InChI=1S/C17H28N4O2/c1-4-6-15(18)17(23)20-12-13-7-5-8-14(11-13)16(22)19-9-10-21(2)3/h5,7-8,11,15H,4,6,9-10,12,18H2,1-3H3,(H,19,22)(H,20,23). The maximum Gasteiger partial charge on any atom is 0.251 e. The van der Waals surface area contributed by atoms with Crippen LogP contribution in [0.1, 0.15) is 35.7 Å². The first-order chi connectivity index (χ1) is 10.9. The minimum absolute atomic E-state index is 0.109. The number of benzene rings is 1. The van der Waals surface area contributed by atoms with Crippen LogP contribution in [-0.4, -0.2) is 49.9 Å². The topological polar surface area (TPSA) is 87.5 Å². The summed E-state index contributed by atoms with van der Waals surface area (Å²) in [6.07, 6.45) is 1.54. The second kappa shape index (κ2) is 9.97. The summed E-state index contributed by atoms with van der Waals surface area (Å²) in [5.41, 5.74) is 7.24. The number of nitrogens with zero attached hydrogens (tertiary/aromatic N) is 1. The van der Waals surface area contributed by atoms with Crippen LogP contribution >= 0.6 is 0 Å². The van der Waals surface area contributed by atoms with E-state index in [4.69, 9.17) is 5.73 Å². The highest BCUT2D eigenvalue weighted by atomic mass is 16.2. The van der Waals surface area contributed by atoms with E-state index in [1.54, 1.807) is 12.1 Å². The normalized spacial score (nSPS) is 12.0. The highest BCUT2D eigenvalue weighted by Gasteiger charge is 2.12. The molecule has 0 heterocycles. The molecule has 0 bridgehead atoms. The molecule has 0 aliphatic heterocycles. The molecule has 0 saturated heterocycles. The molecule has 1 atom stereocenters. The van der Waals surface area contributed by atoms with E-state index in [9.17, 15) is 9.59 Å². The van der Waals surface area contributed by atoms with E-state index in [2.05, 4.69) is 10.6 Å². The molecule has 0 saturated carbocycles. The van der Waals surface area contributed by atoms with E-state index in [-0.39, 0.29) is 11.8 Å². The summed E-state index contributed by atoms with van der Waals surface area (Å²) in [5.74, 6) is -0.268. The van der Waals surface area contributed by atoms with Gasteiger partial charge in [0.2, 0.25) is 5.91 Å². The van der Waals surface area contributed by atoms with E-state index in [0.717, 1.165) is 18.5 Å². The van der Waals surface area contributed by atoms with Crippen molar-refractivity contribution in [2.45, 2.75) is 32.4 Å². The van der Waals surface area contributed by atoms with Crippen molar-refractivity contribution in [3.63, 3.8) is 0 Å². The average Bonchev–Trinajstić information content (AvgIpc) is 2.52. The van der Waals surface area contributed by atoms with Crippen LogP contribution in [0.4, 0.5) is 0 Å². The van der Waals surface area contributed by atoms with Gasteiger partial charge in [0.1, 0.15) is 0 Å². The summed E-state index contributed by atoms with van der Waals surface area (Å²) >= 11 is 0. The average molecular weight is 320 g/mol. The number of amides is 2. The smallest absolute Gasteiger partial charge is 0.251 e. The number of hydrogen-bond donors (Lipinski definition) is 3. The summed E-state index contributed by atoms with van der Waals surface area (Å²) in [5, 5.41) is 5.67. The fourth-order valence-corrected chi connectivity index (χ4v) is 2.08. The van der Waals surface area contributed by atoms with Gasteiger partial charge in [-0.3, -0.25) is 9.59 Å². The quantitative estimate of drug-likeness (QED) is 0.626. The molecule has 2 amide bonds. The lowest BCUT2D eigenvalue weighted by Crippen LogP contribution is -2.40.